The van der Waals surface area contributed by atoms with Crippen LogP contribution in [0, 0.1) is 6.92 Å². The zero-order chi connectivity index (χ0) is 17.6. The molecule has 0 spiro atoms. The van der Waals surface area contributed by atoms with E-state index >= 15 is 0 Å². The number of phenols is 1. The average molecular weight is 331 g/mol. The van der Waals surface area contributed by atoms with Crippen LogP contribution >= 0.6 is 0 Å². The van der Waals surface area contributed by atoms with E-state index in [1.165, 1.54) is 0 Å². The second-order valence-corrected chi connectivity index (χ2v) is 5.57. The van der Waals surface area contributed by atoms with E-state index in [0.717, 1.165) is 11.1 Å². The van der Waals surface area contributed by atoms with Crippen molar-refractivity contribution in [3.05, 3.63) is 89.5 Å². The Kier molecular flexibility index (Phi) is 4.90. The van der Waals surface area contributed by atoms with Crippen molar-refractivity contribution in [2.24, 2.45) is 4.99 Å². The summed E-state index contributed by atoms with van der Waals surface area (Å²) in [5.74, 6) is 0.209. The highest BCUT2D eigenvalue weighted by Gasteiger charge is 2.07. The quantitative estimate of drug-likeness (QED) is 0.429. The fraction of sp³-hybridized carbons (Fsp3) is 0.0476. The number of esters is 1. The lowest BCUT2D eigenvalue weighted by Crippen LogP contribution is -2.07. The first-order valence-corrected chi connectivity index (χ1v) is 7.83. The number of rotatable bonds is 4. The van der Waals surface area contributed by atoms with Crippen molar-refractivity contribution in [3.63, 3.8) is 0 Å². The third kappa shape index (κ3) is 4.32. The molecule has 1 N–H and O–H groups in total. The summed E-state index contributed by atoms with van der Waals surface area (Å²) >= 11 is 0. The number of nitrogens with zero attached hydrogens (tertiary/aromatic N) is 1. The van der Waals surface area contributed by atoms with Crippen molar-refractivity contribution in [2.45, 2.75) is 6.92 Å². The first-order chi connectivity index (χ1) is 12.1. The molecule has 0 saturated heterocycles. The molecule has 0 aromatic heterocycles. The zero-order valence-corrected chi connectivity index (χ0v) is 13.7. The Labute approximate surface area is 146 Å². The summed E-state index contributed by atoms with van der Waals surface area (Å²) in [6.07, 6.45) is 1.65. The molecule has 25 heavy (non-hydrogen) atoms. The van der Waals surface area contributed by atoms with Gasteiger partial charge in [0, 0.05) is 6.21 Å². The summed E-state index contributed by atoms with van der Waals surface area (Å²) in [6, 6.07) is 21.1. The van der Waals surface area contributed by atoms with Crippen LogP contribution in [0.15, 0.2) is 77.8 Å². The van der Waals surface area contributed by atoms with E-state index < -0.39 is 5.97 Å². The Bertz CT molecular complexity index is 900. The molecule has 0 bridgehead atoms. The number of hydrogen-bond acceptors (Lipinski definition) is 4. The lowest BCUT2D eigenvalue weighted by molar-refractivity contribution is 0.0735. The average Bonchev–Trinajstić information content (AvgIpc) is 2.63. The number of ether oxygens (including phenoxy) is 1. The zero-order valence-electron chi connectivity index (χ0n) is 13.7. The smallest absolute Gasteiger partial charge is 0.343 e. The molecule has 0 atom stereocenters. The molecule has 124 valence electrons. The van der Waals surface area contributed by atoms with Crippen LogP contribution < -0.4 is 4.74 Å². The van der Waals surface area contributed by atoms with Crippen LogP contribution in [0.3, 0.4) is 0 Å². The Morgan fingerprint density at radius 3 is 2.40 bits per heavy atom. The van der Waals surface area contributed by atoms with Crippen molar-refractivity contribution >= 4 is 17.9 Å². The molecule has 4 heteroatoms. The Morgan fingerprint density at radius 2 is 1.72 bits per heavy atom. The summed E-state index contributed by atoms with van der Waals surface area (Å²) in [7, 11) is 0. The number of benzene rings is 3. The summed E-state index contributed by atoms with van der Waals surface area (Å²) in [4.78, 5) is 16.3. The van der Waals surface area contributed by atoms with Gasteiger partial charge in [0.15, 0.2) is 0 Å². The molecule has 0 aliphatic heterocycles. The Hall–Kier alpha value is -3.40. The van der Waals surface area contributed by atoms with Crippen LogP contribution in [-0.2, 0) is 0 Å². The molecule has 0 radical (unpaired) electrons. The van der Waals surface area contributed by atoms with Crippen LogP contribution in [0.2, 0.25) is 0 Å². The van der Waals surface area contributed by atoms with Gasteiger partial charge in [0.25, 0.3) is 0 Å². The minimum atomic E-state index is -0.397. The molecule has 4 nitrogen and oxygen atoms in total. The fourth-order valence-electron chi connectivity index (χ4n) is 2.25. The molecular formula is C21H17NO3. The summed E-state index contributed by atoms with van der Waals surface area (Å²) < 4.78 is 5.33. The lowest BCUT2D eigenvalue weighted by Gasteiger charge is -2.04. The van der Waals surface area contributed by atoms with Gasteiger partial charge in [-0.05, 0) is 66.6 Å². The normalized spacial score (nSPS) is 10.8. The summed E-state index contributed by atoms with van der Waals surface area (Å²) in [5, 5.41) is 9.85. The van der Waals surface area contributed by atoms with Gasteiger partial charge in [0.2, 0.25) is 0 Å². The van der Waals surface area contributed by atoms with Crippen LogP contribution in [-0.4, -0.2) is 17.3 Å². The third-order valence-electron chi connectivity index (χ3n) is 3.58. The summed E-state index contributed by atoms with van der Waals surface area (Å²) in [6.45, 7) is 1.91. The van der Waals surface area contributed by atoms with Gasteiger partial charge in [-0.1, -0.05) is 24.3 Å². The number of aliphatic imine (C=N–C) groups is 1. The van der Waals surface area contributed by atoms with Crippen LogP contribution in [0.4, 0.5) is 5.69 Å². The van der Waals surface area contributed by atoms with Gasteiger partial charge in [-0.15, -0.1) is 0 Å². The summed E-state index contributed by atoms with van der Waals surface area (Å²) in [5.41, 5.74) is 2.81. The molecule has 0 unspecified atom stereocenters. The van der Waals surface area contributed by atoms with Crippen LogP contribution in [0.25, 0.3) is 0 Å². The van der Waals surface area contributed by atoms with Crippen molar-refractivity contribution in [3.8, 4) is 11.5 Å². The minimum absolute atomic E-state index is 0.143. The topological polar surface area (TPSA) is 58.9 Å². The van der Waals surface area contributed by atoms with Gasteiger partial charge in [-0.2, -0.15) is 0 Å². The standard InChI is InChI=1S/C21H17NO3/c1-15-7-12-19(20(23)13-15)22-14-16-8-10-18(11-9-16)25-21(24)17-5-3-2-4-6-17/h2-14,23H,1H3. The maximum absolute atomic E-state index is 12.0. The molecular weight excluding hydrogens is 314 g/mol. The van der Waals surface area contributed by atoms with Crippen LogP contribution in [0.5, 0.6) is 11.5 Å². The molecule has 3 rings (SSSR count). The van der Waals surface area contributed by atoms with E-state index in [0.29, 0.717) is 17.0 Å². The van der Waals surface area contributed by atoms with Crippen molar-refractivity contribution in [2.75, 3.05) is 0 Å². The maximum Gasteiger partial charge on any atom is 0.343 e. The molecule has 0 amide bonds. The first-order valence-electron chi connectivity index (χ1n) is 7.83. The fourth-order valence-corrected chi connectivity index (χ4v) is 2.25. The van der Waals surface area contributed by atoms with Crippen molar-refractivity contribution < 1.29 is 14.6 Å². The SMILES string of the molecule is Cc1ccc(N=Cc2ccc(OC(=O)c3ccccc3)cc2)c(O)c1. The van der Waals surface area contributed by atoms with Gasteiger partial charge >= 0.3 is 5.97 Å². The highest BCUT2D eigenvalue weighted by molar-refractivity contribution is 5.91. The number of aromatic hydroxyl groups is 1. The highest BCUT2D eigenvalue weighted by Crippen LogP contribution is 2.26. The van der Waals surface area contributed by atoms with E-state index in [4.69, 9.17) is 4.74 Å². The molecule has 0 heterocycles. The second-order valence-electron chi connectivity index (χ2n) is 5.57. The molecule has 3 aromatic carbocycles. The van der Waals surface area contributed by atoms with Crippen LogP contribution in [0.1, 0.15) is 21.5 Å². The molecule has 3 aromatic rings. The van der Waals surface area contributed by atoms with E-state index in [2.05, 4.69) is 4.99 Å². The maximum atomic E-state index is 12.0. The predicted molar refractivity (Wildman–Crippen MR) is 97.9 cm³/mol. The molecule has 0 fully saturated rings. The number of hydrogen-bond donors (Lipinski definition) is 1. The lowest BCUT2D eigenvalue weighted by atomic mass is 10.2. The largest absolute Gasteiger partial charge is 0.506 e. The third-order valence-corrected chi connectivity index (χ3v) is 3.58. The number of phenolic OH excluding ortho intramolecular Hbond substituents is 1. The Morgan fingerprint density at radius 1 is 1.00 bits per heavy atom. The number of carbonyl (C=O) groups excluding carboxylic acids is 1. The number of aryl methyl sites for hydroxylation is 1. The first kappa shape index (κ1) is 16.5. The molecule has 0 aliphatic rings. The second kappa shape index (κ2) is 7.45. The predicted octanol–water partition coefficient (Wildman–Crippen LogP) is 4.67. The monoisotopic (exact) mass is 331 g/mol. The van der Waals surface area contributed by atoms with Gasteiger partial charge in [-0.25, -0.2) is 4.79 Å². The van der Waals surface area contributed by atoms with E-state index in [-0.39, 0.29) is 5.75 Å². The van der Waals surface area contributed by atoms with Gasteiger partial charge in [0.1, 0.15) is 17.2 Å². The van der Waals surface area contributed by atoms with Crippen molar-refractivity contribution in [1.29, 1.82) is 0 Å². The van der Waals surface area contributed by atoms with Gasteiger partial charge < -0.3 is 9.84 Å². The number of carbonyl (C=O) groups is 1. The van der Waals surface area contributed by atoms with Gasteiger partial charge in [-0.3, -0.25) is 4.99 Å². The molecule has 0 aliphatic carbocycles. The highest BCUT2D eigenvalue weighted by atomic mass is 16.5. The minimum Gasteiger partial charge on any atom is -0.506 e. The van der Waals surface area contributed by atoms with Gasteiger partial charge in [0.05, 0.1) is 5.56 Å². The van der Waals surface area contributed by atoms with Crippen molar-refractivity contribution in [1.82, 2.24) is 0 Å². The molecule has 0 saturated carbocycles. The van der Waals surface area contributed by atoms with E-state index in [1.807, 2.05) is 19.1 Å². The van der Waals surface area contributed by atoms with E-state index in [9.17, 15) is 9.90 Å². The Balaban J connectivity index is 1.68. The van der Waals surface area contributed by atoms with E-state index in [1.54, 1.807) is 66.9 Å².